The molecule has 0 bridgehead atoms. The summed E-state index contributed by atoms with van der Waals surface area (Å²) >= 11 is 0. The number of hydrogen-bond donors (Lipinski definition) is 3. The fourth-order valence-electron chi connectivity index (χ4n) is 2.20. The van der Waals surface area contributed by atoms with Crippen LogP contribution in [0.15, 0.2) is 0 Å². The molecule has 1 aliphatic rings. The zero-order chi connectivity index (χ0) is 10.6. The van der Waals surface area contributed by atoms with Crippen LogP contribution in [0.2, 0.25) is 0 Å². The summed E-state index contributed by atoms with van der Waals surface area (Å²) in [6.07, 6.45) is 3.59. The molecule has 84 valence electrons. The Bertz CT molecular complexity index is 159. The van der Waals surface area contributed by atoms with Gasteiger partial charge in [0.15, 0.2) is 0 Å². The van der Waals surface area contributed by atoms with Crippen molar-refractivity contribution < 1.29 is 10.2 Å². The first kappa shape index (κ1) is 12.0. The maximum atomic E-state index is 8.95. The molecule has 1 fully saturated rings. The quantitative estimate of drug-likeness (QED) is 0.629. The van der Waals surface area contributed by atoms with E-state index >= 15 is 0 Å². The molecule has 0 aliphatic heterocycles. The summed E-state index contributed by atoms with van der Waals surface area (Å²) in [7, 11) is 0. The van der Waals surface area contributed by atoms with Crippen molar-refractivity contribution in [2.24, 2.45) is 11.8 Å². The smallest absolute Gasteiger partial charge is 0.0607 e. The van der Waals surface area contributed by atoms with Gasteiger partial charge in [-0.1, -0.05) is 13.8 Å². The molecule has 3 N–H and O–H groups in total. The fraction of sp³-hybridized carbons (Fsp3) is 1.00. The molecule has 0 amide bonds. The van der Waals surface area contributed by atoms with Gasteiger partial charge in [0, 0.05) is 6.04 Å². The molecule has 0 aromatic rings. The summed E-state index contributed by atoms with van der Waals surface area (Å²) in [4.78, 5) is 0. The third-order valence-corrected chi connectivity index (χ3v) is 3.51. The highest BCUT2D eigenvalue weighted by Crippen LogP contribution is 2.29. The van der Waals surface area contributed by atoms with Crippen molar-refractivity contribution >= 4 is 0 Å². The first-order valence-corrected chi connectivity index (χ1v) is 5.65. The van der Waals surface area contributed by atoms with E-state index in [1.54, 1.807) is 0 Å². The van der Waals surface area contributed by atoms with Crippen LogP contribution in [0.25, 0.3) is 0 Å². The SMILES string of the molecule is C[C@@H]1CC[C@H](NC(CO)CO)C[C@@H]1C. The third kappa shape index (κ3) is 3.23. The van der Waals surface area contributed by atoms with Gasteiger partial charge in [-0.05, 0) is 31.1 Å². The molecule has 1 rings (SSSR count). The van der Waals surface area contributed by atoms with E-state index in [0.29, 0.717) is 6.04 Å². The van der Waals surface area contributed by atoms with Gasteiger partial charge in [0.1, 0.15) is 0 Å². The predicted octanol–water partition coefficient (Wildman–Crippen LogP) is 0.754. The first-order chi connectivity index (χ1) is 6.67. The van der Waals surface area contributed by atoms with Gasteiger partial charge in [-0.3, -0.25) is 0 Å². The van der Waals surface area contributed by atoms with E-state index in [0.717, 1.165) is 18.3 Å². The molecule has 1 saturated carbocycles. The highest BCUT2D eigenvalue weighted by atomic mass is 16.3. The highest BCUT2D eigenvalue weighted by molar-refractivity contribution is 4.82. The minimum atomic E-state index is -0.138. The van der Waals surface area contributed by atoms with Crippen molar-refractivity contribution in [1.29, 1.82) is 0 Å². The first-order valence-electron chi connectivity index (χ1n) is 5.65. The van der Waals surface area contributed by atoms with Crippen LogP contribution >= 0.6 is 0 Å². The van der Waals surface area contributed by atoms with Gasteiger partial charge in [0.2, 0.25) is 0 Å². The Morgan fingerprint density at radius 2 is 1.79 bits per heavy atom. The van der Waals surface area contributed by atoms with E-state index in [1.165, 1.54) is 12.8 Å². The van der Waals surface area contributed by atoms with Gasteiger partial charge in [-0.2, -0.15) is 0 Å². The molecular formula is C11H23NO2. The van der Waals surface area contributed by atoms with Gasteiger partial charge in [-0.25, -0.2) is 0 Å². The average molecular weight is 201 g/mol. The van der Waals surface area contributed by atoms with Crippen LogP contribution in [0.1, 0.15) is 33.1 Å². The van der Waals surface area contributed by atoms with Crippen LogP contribution < -0.4 is 5.32 Å². The van der Waals surface area contributed by atoms with Crippen molar-refractivity contribution in [2.45, 2.75) is 45.2 Å². The monoisotopic (exact) mass is 201 g/mol. The molecule has 0 heterocycles. The van der Waals surface area contributed by atoms with Crippen molar-refractivity contribution in [2.75, 3.05) is 13.2 Å². The second-order valence-electron chi connectivity index (χ2n) is 4.69. The van der Waals surface area contributed by atoms with Crippen LogP contribution in [0.4, 0.5) is 0 Å². The molecule has 3 atom stereocenters. The zero-order valence-electron chi connectivity index (χ0n) is 9.24. The standard InChI is InChI=1S/C11H23NO2/c1-8-3-4-10(5-9(8)2)12-11(6-13)7-14/h8-14H,3-7H2,1-2H3/t8-,9+,10+/m1/s1. The van der Waals surface area contributed by atoms with E-state index in [2.05, 4.69) is 19.2 Å². The number of rotatable bonds is 4. The molecule has 3 heteroatoms. The lowest BCUT2D eigenvalue weighted by atomic mass is 9.79. The lowest BCUT2D eigenvalue weighted by Crippen LogP contribution is -2.45. The van der Waals surface area contributed by atoms with Crippen molar-refractivity contribution in [3.63, 3.8) is 0 Å². The van der Waals surface area contributed by atoms with Crippen LogP contribution in [0.3, 0.4) is 0 Å². The number of aliphatic hydroxyl groups excluding tert-OH is 2. The van der Waals surface area contributed by atoms with Gasteiger partial charge in [0.05, 0.1) is 19.3 Å². The number of hydrogen-bond acceptors (Lipinski definition) is 3. The molecule has 0 radical (unpaired) electrons. The summed E-state index contributed by atoms with van der Waals surface area (Å²) in [6.45, 7) is 4.63. The van der Waals surface area contributed by atoms with Crippen LogP contribution in [0.5, 0.6) is 0 Å². The molecule has 0 saturated heterocycles. The Kier molecular flexibility index (Phi) is 4.85. The Morgan fingerprint density at radius 3 is 2.29 bits per heavy atom. The van der Waals surface area contributed by atoms with Crippen LogP contribution in [-0.2, 0) is 0 Å². The Labute approximate surface area is 86.5 Å². The van der Waals surface area contributed by atoms with E-state index < -0.39 is 0 Å². The predicted molar refractivity (Wildman–Crippen MR) is 57.1 cm³/mol. The molecule has 0 aromatic carbocycles. The van der Waals surface area contributed by atoms with E-state index in [1.807, 2.05) is 0 Å². The lowest BCUT2D eigenvalue weighted by molar-refractivity contribution is 0.139. The minimum absolute atomic E-state index is 0.0247. The molecule has 0 spiro atoms. The number of nitrogens with one attached hydrogen (secondary N) is 1. The van der Waals surface area contributed by atoms with Crippen molar-refractivity contribution in [1.82, 2.24) is 5.32 Å². The summed E-state index contributed by atoms with van der Waals surface area (Å²) in [5.74, 6) is 1.56. The molecule has 14 heavy (non-hydrogen) atoms. The molecule has 3 nitrogen and oxygen atoms in total. The highest BCUT2D eigenvalue weighted by Gasteiger charge is 2.25. The second kappa shape index (κ2) is 5.69. The van der Waals surface area contributed by atoms with E-state index in [9.17, 15) is 0 Å². The normalized spacial score (nSPS) is 33.6. The van der Waals surface area contributed by atoms with Gasteiger partial charge in [-0.15, -0.1) is 0 Å². The Morgan fingerprint density at radius 1 is 1.14 bits per heavy atom. The van der Waals surface area contributed by atoms with Gasteiger partial charge in [0.25, 0.3) is 0 Å². The molecule has 0 aromatic heterocycles. The zero-order valence-corrected chi connectivity index (χ0v) is 9.24. The topological polar surface area (TPSA) is 52.5 Å². The largest absolute Gasteiger partial charge is 0.395 e. The molecule has 0 unspecified atom stereocenters. The summed E-state index contributed by atoms with van der Waals surface area (Å²) in [5.41, 5.74) is 0. The second-order valence-corrected chi connectivity index (χ2v) is 4.69. The number of aliphatic hydroxyl groups is 2. The van der Waals surface area contributed by atoms with Crippen LogP contribution in [-0.4, -0.2) is 35.5 Å². The summed E-state index contributed by atoms with van der Waals surface area (Å²) < 4.78 is 0. The van der Waals surface area contributed by atoms with Gasteiger partial charge < -0.3 is 15.5 Å². The summed E-state index contributed by atoms with van der Waals surface area (Å²) in [5, 5.41) is 21.2. The fourth-order valence-corrected chi connectivity index (χ4v) is 2.20. The van der Waals surface area contributed by atoms with Crippen molar-refractivity contribution in [3.05, 3.63) is 0 Å². The Balaban J connectivity index is 2.32. The average Bonchev–Trinajstić information content (AvgIpc) is 2.19. The molecular weight excluding hydrogens is 178 g/mol. The Hall–Kier alpha value is -0.120. The maximum Gasteiger partial charge on any atom is 0.0607 e. The van der Waals surface area contributed by atoms with Gasteiger partial charge >= 0.3 is 0 Å². The third-order valence-electron chi connectivity index (χ3n) is 3.51. The maximum absolute atomic E-state index is 8.95. The molecule has 1 aliphatic carbocycles. The van der Waals surface area contributed by atoms with Crippen LogP contribution in [0, 0.1) is 11.8 Å². The van der Waals surface area contributed by atoms with E-state index in [4.69, 9.17) is 10.2 Å². The van der Waals surface area contributed by atoms with E-state index in [-0.39, 0.29) is 19.3 Å². The van der Waals surface area contributed by atoms with Crippen molar-refractivity contribution in [3.8, 4) is 0 Å². The minimum Gasteiger partial charge on any atom is -0.395 e. The summed E-state index contributed by atoms with van der Waals surface area (Å²) in [6, 6.07) is 0.339. The lowest BCUT2D eigenvalue weighted by Gasteiger charge is -2.34.